The van der Waals surface area contributed by atoms with Gasteiger partial charge in [-0.15, -0.1) is 11.8 Å². The van der Waals surface area contributed by atoms with Crippen molar-refractivity contribution in [1.82, 2.24) is 5.16 Å². The van der Waals surface area contributed by atoms with Crippen molar-refractivity contribution >= 4 is 23.6 Å². The molecule has 112 valence electrons. The number of thioether (sulfide) groups is 1. The summed E-state index contributed by atoms with van der Waals surface area (Å²) in [6.07, 6.45) is 0. The number of hydrogen-bond acceptors (Lipinski definition) is 5. The average Bonchev–Trinajstić information content (AvgIpc) is 2.85. The Morgan fingerprint density at radius 3 is 2.76 bits per heavy atom. The molecule has 5 nitrogen and oxygen atoms in total. The van der Waals surface area contributed by atoms with Crippen molar-refractivity contribution < 1.29 is 14.4 Å². The molecule has 0 radical (unpaired) electrons. The number of benzene rings is 1. The van der Waals surface area contributed by atoms with Gasteiger partial charge in [-0.1, -0.05) is 32.0 Å². The molecule has 0 aliphatic heterocycles. The Balaban J connectivity index is 1.89. The summed E-state index contributed by atoms with van der Waals surface area (Å²) >= 11 is 1.34. The van der Waals surface area contributed by atoms with Crippen molar-refractivity contribution in [3.63, 3.8) is 0 Å². The van der Waals surface area contributed by atoms with Crippen LogP contribution < -0.4 is 5.32 Å². The van der Waals surface area contributed by atoms with Gasteiger partial charge in [0.05, 0.1) is 11.4 Å². The number of carbonyl (C=O) groups excluding carboxylic acids is 1. The molecule has 1 aromatic carbocycles. The van der Waals surface area contributed by atoms with Crippen LogP contribution in [0, 0.1) is 0 Å². The lowest BCUT2D eigenvalue weighted by molar-refractivity contribution is -0.113. The van der Waals surface area contributed by atoms with Crippen LogP contribution in [0.1, 0.15) is 26.5 Å². The SMILES string of the molecule is CC(C)(C)c1cc(NC(=O)CSc2cccc(O)c2)on1. The summed E-state index contributed by atoms with van der Waals surface area (Å²) in [6, 6.07) is 8.51. The van der Waals surface area contributed by atoms with Crippen molar-refractivity contribution in [1.29, 1.82) is 0 Å². The maximum Gasteiger partial charge on any atom is 0.237 e. The number of phenolic OH excluding ortho intramolecular Hbond substituents is 1. The summed E-state index contributed by atoms with van der Waals surface area (Å²) < 4.78 is 5.10. The summed E-state index contributed by atoms with van der Waals surface area (Å²) in [5, 5.41) is 16.0. The van der Waals surface area contributed by atoms with Crippen molar-refractivity contribution in [2.45, 2.75) is 31.1 Å². The number of hydrogen-bond donors (Lipinski definition) is 2. The highest BCUT2D eigenvalue weighted by Crippen LogP contribution is 2.25. The molecule has 1 amide bonds. The lowest BCUT2D eigenvalue weighted by atomic mass is 9.92. The van der Waals surface area contributed by atoms with Gasteiger partial charge in [-0.3, -0.25) is 10.1 Å². The number of nitrogens with zero attached hydrogens (tertiary/aromatic N) is 1. The molecule has 1 heterocycles. The van der Waals surface area contributed by atoms with Crippen LogP contribution in [0.15, 0.2) is 39.8 Å². The number of phenols is 1. The molecule has 0 unspecified atom stereocenters. The van der Waals surface area contributed by atoms with Crippen LogP contribution in [0.2, 0.25) is 0 Å². The second-order valence-electron chi connectivity index (χ2n) is 5.66. The third-order valence-electron chi connectivity index (χ3n) is 2.73. The van der Waals surface area contributed by atoms with E-state index in [0.29, 0.717) is 5.88 Å². The zero-order chi connectivity index (χ0) is 15.5. The summed E-state index contributed by atoms with van der Waals surface area (Å²) in [7, 11) is 0. The number of carbonyl (C=O) groups is 1. The minimum absolute atomic E-state index is 0.122. The smallest absolute Gasteiger partial charge is 0.237 e. The Morgan fingerprint density at radius 1 is 1.38 bits per heavy atom. The molecule has 0 aliphatic carbocycles. The fraction of sp³-hybridized carbons (Fsp3) is 0.333. The minimum atomic E-state index is -0.181. The second-order valence-corrected chi connectivity index (χ2v) is 6.71. The highest BCUT2D eigenvalue weighted by atomic mass is 32.2. The predicted molar refractivity (Wildman–Crippen MR) is 82.7 cm³/mol. The number of aromatic hydroxyl groups is 1. The van der Waals surface area contributed by atoms with Gasteiger partial charge in [-0.25, -0.2) is 0 Å². The molecule has 0 saturated carbocycles. The first kappa shape index (κ1) is 15.4. The number of amides is 1. The molecule has 21 heavy (non-hydrogen) atoms. The molecule has 0 spiro atoms. The number of nitrogens with one attached hydrogen (secondary N) is 1. The first-order chi connectivity index (χ1) is 9.84. The summed E-state index contributed by atoms with van der Waals surface area (Å²) in [5.41, 5.74) is 0.668. The topological polar surface area (TPSA) is 75.4 Å². The van der Waals surface area contributed by atoms with Crippen LogP contribution in [-0.4, -0.2) is 21.9 Å². The monoisotopic (exact) mass is 306 g/mol. The van der Waals surface area contributed by atoms with Crippen LogP contribution >= 0.6 is 11.8 Å². The number of aromatic nitrogens is 1. The zero-order valence-corrected chi connectivity index (χ0v) is 13.0. The first-order valence-corrected chi connectivity index (χ1v) is 7.52. The third kappa shape index (κ3) is 4.53. The average molecular weight is 306 g/mol. The van der Waals surface area contributed by atoms with E-state index in [-0.39, 0.29) is 22.8 Å². The van der Waals surface area contributed by atoms with Gasteiger partial charge in [-0.2, -0.15) is 0 Å². The lowest BCUT2D eigenvalue weighted by Crippen LogP contribution is -2.14. The molecule has 0 saturated heterocycles. The normalized spacial score (nSPS) is 11.4. The first-order valence-electron chi connectivity index (χ1n) is 6.53. The van der Waals surface area contributed by atoms with E-state index in [2.05, 4.69) is 10.5 Å². The highest BCUT2D eigenvalue weighted by Gasteiger charge is 2.19. The van der Waals surface area contributed by atoms with E-state index in [9.17, 15) is 9.90 Å². The van der Waals surface area contributed by atoms with Crippen molar-refractivity contribution in [2.24, 2.45) is 0 Å². The van der Waals surface area contributed by atoms with Gasteiger partial charge in [-0.05, 0) is 18.2 Å². The maximum absolute atomic E-state index is 11.8. The Kier molecular flexibility index (Phi) is 4.57. The van der Waals surface area contributed by atoms with E-state index in [4.69, 9.17) is 4.52 Å². The molecule has 0 atom stereocenters. The fourth-order valence-electron chi connectivity index (χ4n) is 1.58. The van der Waals surface area contributed by atoms with Gasteiger partial charge in [0.1, 0.15) is 5.75 Å². The second kappa shape index (κ2) is 6.22. The van der Waals surface area contributed by atoms with Crippen LogP contribution in [-0.2, 0) is 10.2 Å². The number of anilines is 1. The summed E-state index contributed by atoms with van der Waals surface area (Å²) in [5.74, 6) is 0.585. The largest absolute Gasteiger partial charge is 0.508 e. The van der Waals surface area contributed by atoms with E-state index < -0.39 is 0 Å². The molecule has 0 aliphatic rings. The molecule has 1 aromatic heterocycles. The van der Waals surface area contributed by atoms with Crippen molar-refractivity contribution in [2.75, 3.05) is 11.1 Å². The Bertz CT molecular complexity index is 632. The van der Waals surface area contributed by atoms with Gasteiger partial charge in [0.2, 0.25) is 11.8 Å². The summed E-state index contributed by atoms with van der Waals surface area (Å²) in [6.45, 7) is 6.07. The van der Waals surface area contributed by atoms with E-state index in [1.807, 2.05) is 26.8 Å². The van der Waals surface area contributed by atoms with Crippen molar-refractivity contribution in [3.8, 4) is 5.75 Å². The molecule has 0 fully saturated rings. The molecular formula is C15H18N2O3S. The van der Waals surface area contributed by atoms with E-state index >= 15 is 0 Å². The minimum Gasteiger partial charge on any atom is -0.508 e. The van der Waals surface area contributed by atoms with Gasteiger partial charge < -0.3 is 9.63 Å². The van der Waals surface area contributed by atoms with E-state index in [0.717, 1.165) is 10.6 Å². The maximum atomic E-state index is 11.8. The Labute approximate surface area is 127 Å². The standard InChI is InChI=1S/C15H18N2O3S/c1-15(2,3)12-8-14(20-17-12)16-13(19)9-21-11-6-4-5-10(18)7-11/h4-8,18H,9H2,1-3H3,(H,16,19). The molecule has 2 N–H and O–H groups in total. The Hall–Kier alpha value is -1.95. The van der Waals surface area contributed by atoms with Crippen LogP contribution in [0.3, 0.4) is 0 Å². The summed E-state index contributed by atoms with van der Waals surface area (Å²) in [4.78, 5) is 12.7. The van der Waals surface area contributed by atoms with E-state index in [1.54, 1.807) is 24.3 Å². The lowest BCUT2D eigenvalue weighted by Gasteiger charge is -2.12. The third-order valence-corrected chi connectivity index (χ3v) is 3.72. The Morgan fingerprint density at radius 2 is 2.14 bits per heavy atom. The molecular weight excluding hydrogens is 288 g/mol. The molecule has 6 heteroatoms. The van der Waals surface area contributed by atoms with Crippen LogP contribution in [0.5, 0.6) is 5.75 Å². The van der Waals surface area contributed by atoms with Crippen LogP contribution in [0.4, 0.5) is 5.88 Å². The van der Waals surface area contributed by atoms with Crippen molar-refractivity contribution in [3.05, 3.63) is 36.0 Å². The fourth-order valence-corrected chi connectivity index (χ4v) is 2.33. The quantitative estimate of drug-likeness (QED) is 0.847. The van der Waals surface area contributed by atoms with Gasteiger partial charge in [0, 0.05) is 16.4 Å². The molecule has 2 rings (SSSR count). The van der Waals surface area contributed by atoms with Gasteiger partial charge >= 0.3 is 0 Å². The number of rotatable bonds is 4. The molecule has 0 bridgehead atoms. The van der Waals surface area contributed by atoms with Gasteiger partial charge in [0.15, 0.2) is 0 Å². The highest BCUT2D eigenvalue weighted by molar-refractivity contribution is 8.00. The van der Waals surface area contributed by atoms with Gasteiger partial charge in [0.25, 0.3) is 0 Å². The molecule has 2 aromatic rings. The predicted octanol–water partition coefficient (Wildman–Crippen LogP) is 3.41. The zero-order valence-electron chi connectivity index (χ0n) is 12.2. The van der Waals surface area contributed by atoms with E-state index in [1.165, 1.54) is 11.8 Å². The van der Waals surface area contributed by atoms with Crippen LogP contribution in [0.25, 0.3) is 0 Å².